The monoisotopic (exact) mass is 429 g/mol. The fourth-order valence-electron chi connectivity index (χ4n) is 2.78. The largest absolute Gasteiger partial charge is 0.486 e. The lowest BCUT2D eigenvalue weighted by atomic mass is 10.1. The van der Waals surface area contributed by atoms with Gasteiger partial charge < -0.3 is 15.4 Å². The van der Waals surface area contributed by atoms with Crippen molar-refractivity contribution in [2.45, 2.75) is 20.5 Å². The summed E-state index contributed by atoms with van der Waals surface area (Å²) in [5.41, 5.74) is 2.29. The van der Waals surface area contributed by atoms with Crippen LogP contribution < -0.4 is 15.4 Å². The molecule has 0 radical (unpaired) electrons. The number of benzene rings is 2. The molecule has 1 heterocycles. The molecule has 0 saturated heterocycles. The van der Waals surface area contributed by atoms with Crippen LogP contribution in [-0.4, -0.2) is 23.8 Å². The highest BCUT2D eigenvalue weighted by Crippen LogP contribution is 2.25. The van der Waals surface area contributed by atoms with E-state index in [0.717, 1.165) is 5.56 Å². The summed E-state index contributed by atoms with van der Waals surface area (Å²) in [6, 6.07) is 12.4. The zero-order valence-electron chi connectivity index (χ0n) is 16.2. The van der Waals surface area contributed by atoms with E-state index in [1.807, 2.05) is 13.0 Å². The van der Waals surface area contributed by atoms with Gasteiger partial charge in [0.1, 0.15) is 22.2 Å². The van der Waals surface area contributed by atoms with E-state index in [-0.39, 0.29) is 18.4 Å². The number of ether oxygens (including phenoxy) is 1. The molecule has 2 amide bonds. The lowest BCUT2D eigenvalue weighted by Gasteiger charge is -2.12. The minimum Gasteiger partial charge on any atom is -0.486 e. The Morgan fingerprint density at radius 1 is 1.10 bits per heavy atom. The molecule has 2 N–H and O–H groups in total. The Morgan fingerprint density at radius 2 is 1.83 bits per heavy atom. The first-order valence-corrected chi connectivity index (χ1v) is 10.1. The van der Waals surface area contributed by atoms with Crippen molar-refractivity contribution in [3.05, 3.63) is 74.2 Å². The number of nitrogens with one attached hydrogen (secondary N) is 2. The molecule has 0 unspecified atom stereocenters. The van der Waals surface area contributed by atoms with Crippen LogP contribution in [0.4, 0.5) is 5.69 Å². The summed E-state index contributed by atoms with van der Waals surface area (Å²) in [5, 5.41) is 6.75. The molecule has 0 aliphatic carbocycles. The Labute approximate surface area is 177 Å². The minimum atomic E-state index is -0.312. The van der Waals surface area contributed by atoms with E-state index in [0.29, 0.717) is 37.6 Å². The van der Waals surface area contributed by atoms with Gasteiger partial charge in [0.2, 0.25) is 0 Å². The fraction of sp³-hybridized carbons (Fsp3) is 0.190. The highest BCUT2D eigenvalue weighted by molar-refractivity contribution is 7.13. The van der Waals surface area contributed by atoms with Gasteiger partial charge in [-0.3, -0.25) is 9.59 Å². The minimum absolute atomic E-state index is 0.244. The third-order valence-electron chi connectivity index (χ3n) is 4.20. The maximum absolute atomic E-state index is 12.8. The molecular weight excluding hydrogens is 410 g/mol. The number of amides is 2. The van der Waals surface area contributed by atoms with Crippen molar-refractivity contribution in [3.8, 4) is 5.75 Å². The topological polar surface area (TPSA) is 80.3 Å². The van der Waals surface area contributed by atoms with E-state index in [9.17, 15) is 9.59 Å². The lowest BCUT2D eigenvalue weighted by Crippen LogP contribution is -2.22. The summed E-state index contributed by atoms with van der Waals surface area (Å²) in [6.45, 7) is 3.84. The number of rotatable bonds is 6. The second kappa shape index (κ2) is 9.07. The van der Waals surface area contributed by atoms with Gasteiger partial charge in [0, 0.05) is 12.1 Å². The molecule has 0 aliphatic rings. The van der Waals surface area contributed by atoms with Gasteiger partial charge in [-0.15, -0.1) is 11.3 Å². The zero-order chi connectivity index (χ0) is 21.0. The Balaban J connectivity index is 1.75. The van der Waals surface area contributed by atoms with Crippen LogP contribution in [-0.2, 0) is 6.61 Å². The lowest BCUT2D eigenvalue weighted by molar-refractivity contribution is 0.0963. The van der Waals surface area contributed by atoms with Gasteiger partial charge >= 0.3 is 0 Å². The predicted molar refractivity (Wildman–Crippen MR) is 115 cm³/mol. The van der Waals surface area contributed by atoms with Crippen molar-refractivity contribution in [3.63, 3.8) is 0 Å². The molecule has 0 fully saturated rings. The second-order valence-electron chi connectivity index (χ2n) is 6.30. The van der Waals surface area contributed by atoms with Crippen molar-refractivity contribution in [2.24, 2.45) is 0 Å². The van der Waals surface area contributed by atoms with Crippen LogP contribution in [0.15, 0.2) is 42.5 Å². The van der Waals surface area contributed by atoms with Gasteiger partial charge in [-0.05, 0) is 49.7 Å². The molecule has 2 aromatic carbocycles. The second-order valence-corrected chi connectivity index (χ2v) is 7.82. The van der Waals surface area contributed by atoms with Crippen LogP contribution in [0, 0.1) is 13.8 Å². The van der Waals surface area contributed by atoms with E-state index >= 15 is 0 Å². The number of halogens is 1. The fourth-order valence-corrected chi connectivity index (χ4v) is 3.78. The Kier molecular flexibility index (Phi) is 6.51. The highest BCUT2D eigenvalue weighted by Gasteiger charge is 2.19. The molecule has 3 rings (SSSR count). The number of nitrogens with zero attached hydrogens (tertiary/aromatic N) is 1. The first kappa shape index (κ1) is 20.8. The SMILES string of the molecule is CNC(=O)c1c(C)cccc1NC(=O)c1sc(COc2ccc(Cl)cc2)nc1C. The van der Waals surface area contributed by atoms with E-state index in [2.05, 4.69) is 15.6 Å². The maximum Gasteiger partial charge on any atom is 0.267 e. The quantitative estimate of drug-likeness (QED) is 0.599. The Hall–Kier alpha value is -2.90. The zero-order valence-corrected chi connectivity index (χ0v) is 17.8. The molecule has 0 atom stereocenters. The molecule has 0 bridgehead atoms. The third-order valence-corrected chi connectivity index (χ3v) is 5.58. The normalized spacial score (nSPS) is 10.5. The first-order valence-electron chi connectivity index (χ1n) is 8.86. The molecule has 1 aromatic heterocycles. The highest BCUT2D eigenvalue weighted by atomic mass is 35.5. The van der Waals surface area contributed by atoms with Crippen molar-refractivity contribution in [1.82, 2.24) is 10.3 Å². The van der Waals surface area contributed by atoms with Gasteiger partial charge in [0.15, 0.2) is 0 Å². The molecule has 29 heavy (non-hydrogen) atoms. The molecule has 6 nitrogen and oxygen atoms in total. The Morgan fingerprint density at radius 3 is 2.52 bits per heavy atom. The van der Waals surface area contributed by atoms with Crippen LogP contribution in [0.25, 0.3) is 0 Å². The van der Waals surface area contributed by atoms with E-state index in [4.69, 9.17) is 16.3 Å². The maximum atomic E-state index is 12.8. The molecule has 0 spiro atoms. The number of aromatic nitrogens is 1. The molecular formula is C21H20ClN3O3S. The number of carbonyl (C=O) groups is 2. The van der Waals surface area contributed by atoms with E-state index in [1.54, 1.807) is 50.4 Å². The number of hydrogen-bond acceptors (Lipinski definition) is 5. The van der Waals surface area contributed by atoms with Crippen LogP contribution in [0.5, 0.6) is 5.75 Å². The number of carbonyl (C=O) groups excluding carboxylic acids is 2. The molecule has 8 heteroatoms. The molecule has 3 aromatic rings. The first-order chi connectivity index (χ1) is 13.9. The summed E-state index contributed by atoms with van der Waals surface area (Å²) >= 11 is 7.13. The third kappa shape index (κ3) is 4.93. The summed E-state index contributed by atoms with van der Waals surface area (Å²) in [7, 11) is 1.56. The number of aryl methyl sites for hydroxylation is 2. The molecule has 150 valence electrons. The Bertz CT molecular complexity index is 1050. The van der Waals surface area contributed by atoms with Gasteiger partial charge in [0.25, 0.3) is 11.8 Å². The molecule has 0 saturated carbocycles. The number of anilines is 1. The average molecular weight is 430 g/mol. The van der Waals surface area contributed by atoms with Gasteiger partial charge in [0.05, 0.1) is 16.9 Å². The van der Waals surface area contributed by atoms with Crippen molar-refractivity contribution < 1.29 is 14.3 Å². The summed E-state index contributed by atoms with van der Waals surface area (Å²) in [4.78, 5) is 29.9. The summed E-state index contributed by atoms with van der Waals surface area (Å²) in [6.07, 6.45) is 0. The average Bonchev–Trinajstić information content (AvgIpc) is 3.08. The summed E-state index contributed by atoms with van der Waals surface area (Å²) in [5.74, 6) is 0.105. The van der Waals surface area contributed by atoms with Crippen LogP contribution in [0.3, 0.4) is 0 Å². The van der Waals surface area contributed by atoms with E-state index in [1.165, 1.54) is 11.3 Å². The molecule has 0 aliphatic heterocycles. The van der Waals surface area contributed by atoms with Crippen LogP contribution in [0.1, 0.15) is 36.3 Å². The predicted octanol–water partition coefficient (Wildman–Crippen LogP) is 4.60. The van der Waals surface area contributed by atoms with Crippen molar-refractivity contribution in [2.75, 3.05) is 12.4 Å². The van der Waals surface area contributed by atoms with E-state index < -0.39 is 0 Å². The van der Waals surface area contributed by atoms with Crippen LogP contribution >= 0.6 is 22.9 Å². The standard InChI is InChI=1S/C21H20ClN3O3S/c1-12-5-4-6-16(18(12)20(26)23-3)25-21(27)19-13(2)24-17(29-19)11-28-15-9-7-14(22)8-10-15/h4-10H,11H2,1-3H3,(H,23,26)(H,25,27). The van der Waals surface area contributed by atoms with Gasteiger partial charge in [-0.1, -0.05) is 23.7 Å². The smallest absolute Gasteiger partial charge is 0.267 e. The van der Waals surface area contributed by atoms with Gasteiger partial charge in [-0.2, -0.15) is 0 Å². The van der Waals surface area contributed by atoms with Crippen molar-refractivity contribution in [1.29, 1.82) is 0 Å². The number of thiazole rings is 1. The van der Waals surface area contributed by atoms with Crippen LogP contribution in [0.2, 0.25) is 5.02 Å². The summed E-state index contributed by atoms with van der Waals surface area (Å²) < 4.78 is 5.70. The van der Waals surface area contributed by atoms with Crippen molar-refractivity contribution >= 4 is 40.4 Å². The number of hydrogen-bond donors (Lipinski definition) is 2. The van der Waals surface area contributed by atoms with Gasteiger partial charge in [-0.25, -0.2) is 4.98 Å².